The Balaban J connectivity index is 0.00000156. The number of pyridine rings is 1. The van der Waals surface area contributed by atoms with Gasteiger partial charge in [-0.05, 0) is 30.0 Å². The first-order chi connectivity index (χ1) is 10.8. The molecule has 1 unspecified atom stereocenters. The Morgan fingerprint density at radius 1 is 0.913 bits per heavy atom. The lowest BCUT2D eigenvalue weighted by molar-refractivity contribution is 0.745. The van der Waals surface area contributed by atoms with Gasteiger partial charge in [-0.3, -0.25) is 4.98 Å². The average Bonchev–Trinajstić information content (AvgIpc) is 2.95. The van der Waals surface area contributed by atoms with E-state index >= 15 is 0 Å². The van der Waals surface area contributed by atoms with E-state index in [1.807, 2.05) is 6.20 Å². The maximum absolute atomic E-state index is 4.64. The molecule has 2 aromatic carbocycles. The van der Waals surface area contributed by atoms with Crippen molar-refractivity contribution in [3.8, 4) is 0 Å². The summed E-state index contributed by atoms with van der Waals surface area (Å²) >= 11 is 0. The van der Waals surface area contributed by atoms with Crippen LogP contribution in [0.1, 0.15) is 24.1 Å². The molecule has 2 heterocycles. The van der Waals surface area contributed by atoms with Crippen molar-refractivity contribution >= 4 is 38.8 Å². The Labute approximate surface area is 146 Å². The first-order valence-corrected chi connectivity index (χ1v) is 7.72. The Kier molecular flexibility index (Phi) is 4.49. The van der Waals surface area contributed by atoms with Gasteiger partial charge in [0.2, 0.25) is 0 Å². The smallest absolute Gasteiger partial charge is 0.0684 e. The molecular formula is C20H19BrN2. The largest absolute Gasteiger partial charge is 0.353 e. The van der Waals surface area contributed by atoms with Crippen LogP contribution in [0.25, 0.3) is 21.8 Å². The summed E-state index contributed by atoms with van der Waals surface area (Å²) in [6.45, 7) is 2.26. The fraction of sp³-hybridized carbons (Fsp3) is 0.150. The van der Waals surface area contributed by atoms with E-state index in [0.29, 0.717) is 5.92 Å². The predicted octanol–water partition coefficient (Wildman–Crippen LogP) is 5.64. The fourth-order valence-electron chi connectivity index (χ4n) is 3.17. The summed E-state index contributed by atoms with van der Waals surface area (Å²) in [5, 5.41) is 2.54. The van der Waals surface area contributed by atoms with Crippen LogP contribution in [0.3, 0.4) is 0 Å². The standard InChI is InChI=1S/C20H18N2.BrH/c1-14(15-7-3-2-4-8-15)13-19-20-17(11-12-21-19)16-9-5-6-10-18(16)22-20;/h2-12,14,22H,13H2,1H3;1H. The fourth-order valence-corrected chi connectivity index (χ4v) is 3.17. The van der Waals surface area contributed by atoms with Gasteiger partial charge < -0.3 is 4.98 Å². The molecule has 23 heavy (non-hydrogen) atoms. The summed E-state index contributed by atoms with van der Waals surface area (Å²) in [5.74, 6) is 0.450. The third kappa shape index (κ3) is 2.89. The molecule has 1 N–H and O–H groups in total. The minimum Gasteiger partial charge on any atom is -0.353 e. The second-order valence-corrected chi connectivity index (χ2v) is 5.87. The number of nitrogens with zero attached hydrogens (tertiary/aromatic N) is 1. The number of benzene rings is 2. The zero-order chi connectivity index (χ0) is 14.9. The monoisotopic (exact) mass is 366 g/mol. The quantitative estimate of drug-likeness (QED) is 0.499. The molecule has 0 saturated carbocycles. The first-order valence-electron chi connectivity index (χ1n) is 7.72. The predicted molar refractivity (Wildman–Crippen MR) is 102 cm³/mol. The zero-order valence-electron chi connectivity index (χ0n) is 13.0. The molecule has 2 aromatic heterocycles. The lowest BCUT2D eigenvalue weighted by Gasteiger charge is -2.11. The van der Waals surface area contributed by atoms with Crippen molar-refractivity contribution < 1.29 is 0 Å². The molecule has 0 aliphatic rings. The number of H-pyrrole nitrogens is 1. The van der Waals surface area contributed by atoms with E-state index in [4.69, 9.17) is 0 Å². The molecule has 0 fully saturated rings. The highest BCUT2D eigenvalue weighted by Crippen LogP contribution is 2.29. The number of hydrogen-bond donors (Lipinski definition) is 1. The van der Waals surface area contributed by atoms with Crippen molar-refractivity contribution in [2.24, 2.45) is 0 Å². The number of hydrogen-bond acceptors (Lipinski definition) is 1. The molecule has 0 aliphatic carbocycles. The molecule has 4 aromatic rings. The Bertz CT molecular complexity index is 928. The molecular weight excluding hydrogens is 348 g/mol. The number of aromatic amines is 1. The van der Waals surface area contributed by atoms with E-state index < -0.39 is 0 Å². The topological polar surface area (TPSA) is 28.7 Å². The number of halogens is 1. The normalized spacial score (nSPS) is 12.2. The molecule has 0 saturated heterocycles. The molecule has 4 rings (SSSR count). The van der Waals surface area contributed by atoms with E-state index in [0.717, 1.165) is 12.1 Å². The molecule has 0 aliphatic heterocycles. The lowest BCUT2D eigenvalue weighted by Crippen LogP contribution is -2.01. The number of nitrogens with one attached hydrogen (secondary N) is 1. The summed E-state index contributed by atoms with van der Waals surface area (Å²) in [6, 6.07) is 21.2. The molecule has 0 spiro atoms. The van der Waals surface area contributed by atoms with E-state index in [1.165, 1.54) is 27.4 Å². The lowest BCUT2D eigenvalue weighted by atomic mass is 9.95. The first kappa shape index (κ1) is 15.8. The van der Waals surface area contributed by atoms with Gasteiger partial charge in [-0.15, -0.1) is 17.0 Å². The summed E-state index contributed by atoms with van der Waals surface area (Å²) < 4.78 is 0. The van der Waals surface area contributed by atoms with Gasteiger partial charge in [0.05, 0.1) is 11.2 Å². The maximum Gasteiger partial charge on any atom is 0.0684 e. The molecule has 0 radical (unpaired) electrons. The summed E-state index contributed by atoms with van der Waals surface area (Å²) in [7, 11) is 0. The SMILES string of the molecule is Br.CC(Cc1nccc2c1[nH]c1ccccc12)c1ccccc1. The van der Waals surface area contributed by atoms with Crippen molar-refractivity contribution in [1.29, 1.82) is 0 Å². The van der Waals surface area contributed by atoms with Gasteiger partial charge in [0, 0.05) is 22.5 Å². The van der Waals surface area contributed by atoms with E-state index in [-0.39, 0.29) is 17.0 Å². The third-order valence-electron chi connectivity index (χ3n) is 4.37. The van der Waals surface area contributed by atoms with Gasteiger partial charge in [-0.2, -0.15) is 0 Å². The van der Waals surface area contributed by atoms with Crippen LogP contribution in [0.5, 0.6) is 0 Å². The van der Waals surface area contributed by atoms with Gasteiger partial charge >= 0.3 is 0 Å². The molecule has 116 valence electrons. The van der Waals surface area contributed by atoms with Crippen molar-refractivity contribution in [1.82, 2.24) is 9.97 Å². The van der Waals surface area contributed by atoms with Crippen LogP contribution in [0.4, 0.5) is 0 Å². The van der Waals surface area contributed by atoms with E-state index in [9.17, 15) is 0 Å². The molecule has 2 nitrogen and oxygen atoms in total. The highest BCUT2D eigenvalue weighted by Gasteiger charge is 2.12. The van der Waals surface area contributed by atoms with E-state index in [2.05, 4.69) is 77.6 Å². The summed E-state index contributed by atoms with van der Waals surface area (Å²) in [6.07, 6.45) is 2.86. The summed E-state index contributed by atoms with van der Waals surface area (Å²) in [4.78, 5) is 8.18. The van der Waals surface area contributed by atoms with Gasteiger partial charge in [0.1, 0.15) is 0 Å². The molecule has 0 bridgehead atoms. The van der Waals surface area contributed by atoms with Gasteiger partial charge in [0.15, 0.2) is 0 Å². The average molecular weight is 367 g/mol. The molecule has 1 atom stereocenters. The van der Waals surface area contributed by atoms with Crippen LogP contribution in [-0.2, 0) is 6.42 Å². The zero-order valence-corrected chi connectivity index (χ0v) is 14.7. The van der Waals surface area contributed by atoms with Crippen LogP contribution in [-0.4, -0.2) is 9.97 Å². The van der Waals surface area contributed by atoms with Crippen LogP contribution >= 0.6 is 17.0 Å². The Hall–Kier alpha value is -2.13. The summed E-state index contributed by atoms with van der Waals surface area (Å²) in [5.41, 5.74) is 4.85. The highest BCUT2D eigenvalue weighted by atomic mass is 79.9. The number of para-hydroxylation sites is 1. The second-order valence-electron chi connectivity index (χ2n) is 5.87. The third-order valence-corrected chi connectivity index (χ3v) is 4.37. The van der Waals surface area contributed by atoms with Crippen molar-refractivity contribution in [2.75, 3.05) is 0 Å². The van der Waals surface area contributed by atoms with Crippen molar-refractivity contribution in [2.45, 2.75) is 19.3 Å². The minimum atomic E-state index is 0. The maximum atomic E-state index is 4.64. The van der Waals surface area contributed by atoms with Crippen LogP contribution < -0.4 is 0 Å². The molecule has 0 amide bonds. The number of rotatable bonds is 3. The number of fused-ring (bicyclic) bond motifs is 3. The van der Waals surface area contributed by atoms with Crippen LogP contribution in [0.15, 0.2) is 66.9 Å². The highest BCUT2D eigenvalue weighted by molar-refractivity contribution is 8.93. The van der Waals surface area contributed by atoms with Gasteiger partial charge in [-0.1, -0.05) is 55.5 Å². The van der Waals surface area contributed by atoms with Crippen molar-refractivity contribution in [3.05, 3.63) is 78.1 Å². The number of aromatic nitrogens is 2. The van der Waals surface area contributed by atoms with Crippen LogP contribution in [0.2, 0.25) is 0 Å². The Morgan fingerprint density at radius 2 is 1.65 bits per heavy atom. The molecule has 3 heteroatoms. The van der Waals surface area contributed by atoms with Gasteiger partial charge in [-0.25, -0.2) is 0 Å². The Morgan fingerprint density at radius 3 is 2.48 bits per heavy atom. The van der Waals surface area contributed by atoms with E-state index in [1.54, 1.807) is 0 Å². The minimum absolute atomic E-state index is 0. The van der Waals surface area contributed by atoms with Gasteiger partial charge in [0.25, 0.3) is 0 Å². The second kappa shape index (κ2) is 6.55. The van der Waals surface area contributed by atoms with Crippen LogP contribution in [0, 0.1) is 0 Å². The van der Waals surface area contributed by atoms with Crippen molar-refractivity contribution in [3.63, 3.8) is 0 Å².